The molecule has 162 valence electrons. The molecule has 5 rings (SSSR count). The van der Waals surface area contributed by atoms with Gasteiger partial charge in [0.05, 0.1) is 26.8 Å². The first-order valence-electron chi connectivity index (χ1n) is 9.72. The number of H-pyrrole nitrogens is 1. The molecule has 1 unspecified atom stereocenters. The van der Waals surface area contributed by atoms with Crippen molar-refractivity contribution >= 4 is 26.4 Å². The Bertz CT molecular complexity index is 1380. The molecule has 31 heavy (non-hydrogen) atoms. The second kappa shape index (κ2) is 7.22. The second-order valence-corrected chi connectivity index (χ2v) is 10.2. The molecule has 1 fully saturated rings. The maximum atomic E-state index is 13.4. The van der Waals surface area contributed by atoms with Crippen LogP contribution >= 0.6 is 0 Å². The Morgan fingerprint density at radius 1 is 1.32 bits per heavy atom. The molecule has 0 saturated heterocycles. The van der Waals surface area contributed by atoms with Crippen LogP contribution in [0.2, 0.25) is 0 Å². The van der Waals surface area contributed by atoms with Crippen LogP contribution in [0.25, 0.3) is 33.8 Å². The summed E-state index contributed by atoms with van der Waals surface area (Å²) in [6.45, 7) is -0.631. The van der Waals surface area contributed by atoms with Crippen LogP contribution in [-0.4, -0.2) is 56.9 Å². The van der Waals surface area contributed by atoms with Gasteiger partial charge in [0.15, 0.2) is 0 Å². The summed E-state index contributed by atoms with van der Waals surface area (Å²) in [6, 6.07) is 5.16. The number of nitrogens with zero attached hydrogens (tertiary/aromatic N) is 7. The van der Waals surface area contributed by atoms with E-state index in [1.165, 1.54) is 4.68 Å². The van der Waals surface area contributed by atoms with Crippen molar-refractivity contribution < 1.29 is 13.0 Å². The highest BCUT2D eigenvalue weighted by Gasteiger charge is 2.31. The van der Waals surface area contributed by atoms with Crippen molar-refractivity contribution in [1.29, 1.82) is 0 Å². The van der Waals surface area contributed by atoms with Gasteiger partial charge in [-0.05, 0) is 31.0 Å². The third kappa shape index (κ3) is 3.60. The van der Waals surface area contributed by atoms with Crippen molar-refractivity contribution in [3.05, 3.63) is 30.6 Å². The smallest absolute Gasteiger partial charge is 0.257 e. The van der Waals surface area contributed by atoms with E-state index in [0.717, 1.165) is 12.8 Å². The summed E-state index contributed by atoms with van der Waals surface area (Å²) in [6.07, 6.45) is 3.87. The van der Waals surface area contributed by atoms with Gasteiger partial charge >= 0.3 is 0 Å². The number of hydrogen-bond donors (Lipinski definition) is 1. The number of aromatic nitrogens is 7. The van der Waals surface area contributed by atoms with E-state index >= 15 is 0 Å². The van der Waals surface area contributed by atoms with Gasteiger partial charge in [-0.2, -0.15) is 19.7 Å². The molecule has 0 bridgehead atoms. The average Bonchev–Trinajstić information content (AvgIpc) is 3.11. The van der Waals surface area contributed by atoms with Crippen LogP contribution in [0, 0.1) is 0 Å². The van der Waals surface area contributed by atoms with Gasteiger partial charge in [0, 0.05) is 30.9 Å². The first-order chi connectivity index (χ1) is 14.8. The summed E-state index contributed by atoms with van der Waals surface area (Å²) in [7, 11) is -0.762. The Balaban J connectivity index is 1.85. The number of hydrogen-bond acceptors (Lipinski definition) is 6. The van der Waals surface area contributed by atoms with Gasteiger partial charge in [-0.25, -0.2) is 18.0 Å². The SMILES string of the molecule is Cn1nccc1-c1cc(N=S(C)(=O)C2CC2)c2c(n1)c(-c1ccn[nH]1)nn2CC(F)F. The first kappa shape index (κ1) is 19.8. The highest BCUT2D eigenvalue weighted by molar-refractivity contribution is 7.93. The van der Waals surface area contributed by atoms with Crippen LogP contribution in [0.15, 0.2) is 35.0 Å². The van der Waals surface area contributed by atoms with Gasteiger partial charge in [-0.3, -0.25) is 14.5 Å². The van der Waals surface area contributed by atoms with Crippen molar-refractivity contribution in [1.82, 2.24) is 34.7 Å². The lowest BCUT2D eigenvalue weighted by molar-refractivity contribution is 0.123. The van der Waals surface area contributed by atoms with Crippen molar-refractivity contribution in [2.75, 3.05) is 6.26 Å². The molecule has 1 aliphatic carbocycles. The highest BCUT2D eigenvalue weighted by atomic mass is 32.2. The lowest BCUT2D eigenvalue weighted by atomic mass is 10.2. The first-order valence-corrected chi connectivity index (χ1v) is 11.7. The number of fused-ring (bicyclic) bond motifs is 1. The molecule has 0 spiro atoms. The van der Waals surface area contributed by atoms with E-state index in [-0.39, 0.29) is 5.25 Å². The lowest BCUT2D eigenvalue weighted by Gasteiger charge is -2.09. The van der Waals surface area contributed by atoms with E-state index in [4.69, 9.17) is 4.98 Å². The molecule has 9 nitrogen and oxygen atoms in total. The number of pyridine rings is 1. The Morgan fingerprint density at radius 3 is 2.74 bits per heavy atom. The Labute approximate surface area is 176 Å². The quantitative estimate of drug-likeness (QED) is 0.489. The molecule has 1 aliphatic rings. The van der Waals surface area contributed by atoms with E-state index in [1.54, 1.807) is 48.6 Å². The van der Waals surface area contributed by atoms with E-state index in [9.17, 15) is 13.0 Å². The summed E-state index contributed by atoms with van der Waals surface area (Å²) >= 11 is 0. The number of rotatable bonds is 6. The predicted octanol–water partition coefficient (Wildman–Crippen LogP) is 3.38. The lowest BCUT2D eigenvalue weighted by Crippen LogP contribution is -2.09. The summed E-state index contributed by atoms with van der Waals surface area (Å²) in [5.41, 5.74) is 3.21. The maximum Gasteiger partial charge on any atom is 0.257 e. The minimum atomic E-state index is -2.63. The predicted molar refractivity (Wildman–Crippen MR) is 112 cm³/mol. The average molecular weight is 446 g/mol. The zero-order valence-corrected chi connectivity index (χ0v) is 17.7. The van der Waals surface area contributed by atoms with Gasteiger partial charge in [0.2, 0.25) is 0 Å². The van der Waals surface area contributed by atoms with Gasteiger partial charge in [0.1, 0.15) is 29.0 Å². The monoisotopic (exact) mass is 446 g/mol. The summed E-state index contributed by atoms with van der Waals surface area (Å²) in [5, 5.41) is 15.3. The van der Waals surface area contributed by atoms with Crippen LogP contribution < -0.4 is 0 Å². The van der Waals surface area contributed by atoms with E-state index in [2.05, 4.69) is 24.8 Å². The summed E-state index contributed by atoms with van der Waals surface area (Å²) < 4.78 is 47.3. The fourth-order valence-corrected chi connectivity index (χ4v) is 5.29. The van der Waals surface area contributed by atoms with Crippen molar-refractivity contribution in [2.24, 2.45) is 11.4 Å². The number of aromatic amines is 1. The van der Waals surface area contributed by atoms with Crippen LogP contribution in [0.1, 0.15) is 12.8 Å². The zero-order chi connectivity index (χ0) is 21.8. The number of aryl methyl sites for hydroxylation is 1. The molecule has 0 aromatic carbocycles. The molecule has 1 atom stereocenters. The van der Waals surface area contributed by atoms with Crippen LogP contribution in [-0.2, 0) is 23.3 Å². The number of nitrogens with one attached hydrogen (secondary N) is 1. The van der Waals surface area contributed by atoms with E-state index in [0.29, 0.717) is 39.5 Å². The molecule has 4 heterocycles. The summed E-state index contributed by atoms with van der Waals surface area (Å²) in [5.74, 6) is 0. The molecule has 1 N–H and O–H groups in total. The maximum absolute atomic E-state index is 13.4. The van der Waals surface area contributed by atoms with E-state index < -0.39 is 22.7 Å². The van der Waals surface area contributed by atoms with Gasteiger partial charge < -0.3 is 0 Å². The third-order valence-corrected chi connectivity index (χ3v) is 7.52. The van der Waals surface area contributed by atoms with Gasteiger partial charge in [-0.1, -0.05) is 0 Å². The fraction of sp³-hybridized carbons (Fsp3) is 0.368. The number of alkyl halides is 2. The largest absolute Gasteiger partial charge is 0.276 e. The standard InChI is InChI=1S/C19H20F2N8OS/c1-28-15(6-8-23-28)13-9-14(27-31(2,30)11-3-4-11)19-18(24-13)17(12-5-7-22-25-12)26-29(19)10-16(20)21/h5-9,11,16H,3-4,10H2,1-2H3,(H,22,25). The Hall–Kier alpha value is -3.15. The third-order valence-electron chi connectivity index (χ3n) is 5.25. The molecule has 12 heteroatoms. The molecular weight excluding hydrogens is 426 g/mol. The van der Waals surface area contributed by atoms with Gasteiger partial charge in [0.25, 0.3) is 6.43 Å². The topological polar surface area (TPSA) is 107 Å². The summed E-state index contributed by atoms with van der Waals surface area (Å²) in [4.78, 5) is 4.72. The minimum Gasteiger partial charge on any atom is -0.276 e. The van der Waals surface area contributed by atoms with E-state index in [1.807, 2.05) is 0 Å². The molecule has 0 aliphatic heterocycles. The molecular formula is C19H20F2N8OS. The molecule has 4 aromatic heterocycles. The minimum absolute atomic E-state index is 0.00872. The fourth-order valence-electron chi connectivity index (χ4n) is 3.60. The molecule has 1 saturated carbocycles. The Kier molecular flexibility index (Phi) is 4.61. The van der Waals surface area contributed by atoms with Crippen LogP contribution in [0.4, 0.5) is 14.5 Å². The van der Waals surface area contributed by atoms with Crippen molar-refractivity contribution in [3.8, 4) is 22.8 Å². The van der Waals surface area contributed by atoms with Crippen LogP contribution in [0.3, 0.4) is 0 Å². The van der Waals surface area contributed by atoms with Crippen molar-refractivity contribution in [3.63, 3.8) is 0 Å². The Morgan fingerprint density at radius 2 is 2.13 bits per heavy atom. The highest BCUT2D eigenvalue weighted by Crippen LogP contribution is 2.38. The van der Waals surface area contributed by atoms with Gasteiger partial charge in [-0.15, -0.1) is 0 Å². The molecule has 0 amide bonds. The van der Waals surface area contributed by atoms with Crippen LogP contribution in [0.5, 0.6) is 0 Å². The molecule has 0 radical (unpaired) electrons. The van der Waals surface area contributed by atoms with Crippen molar-refractivity contribution in [2.45, 2.75) is 31.1 Å². The second-order valence-electron chi connectivity index (χ2n) is 7.61. The number of halogens is 2. The normalized spacial score (nSPS) is 16.2. The molecule has 4 aromatic rings. The zero-order valence-electron chi connectivity index (χ0n) is 16.9.